The average Bonchev–Trinajstić information content (AvgIpc) is 3.19. The lowest BCUT2D eigenvalue weighted by Crippen LogP contribution is -2.36. The smallest absolute Gasteiger partial charge is 0.233 e. The Labute approximate surface area is 151 Å². The SMILES string of the molecule is O=C(CN1C(=O)[C@H]2CC=CC[C@@H]2C1=O)c1ccc(N2CCCC2=O)cc1. The summed E-state index contributed by atoms with van der Waals surface area (Å²) in [6.07, 6.45) is 6.38. The molecule has 0 spiro atoms. The van der Waals surface area contributed by atoms with E-state index < -0.39 is 0 Å². The van der Waals surface area contributed by atoms with E-state index in [1.165, 1.54) is 0 Å². The number of carbonyl (C=O) groups is 4. The molecule has 0 bridgehead atoms. The summed E-state index contributed by atoms with van der Waals surface area (Å²) in [6, 6.07) is 6.80. The van der Waals surface area contributed by atoms with Gasteiger partial charge in [0.15, 0.2) is 5.78 Å². The number of ketones is 1. The van der Waals surface area contributed by atoms with Gasteiger partial charge < -0.3 is 4.90 Å². The summed E-state index contributed by atoms with van der Waals surface area (Å²) in [7, 11) is 0. The van der Waals surface area contributed by atoms with E-state index in [0.717, 1.165) is 17.0 Å². The van der Waals surface area contributed by atoms with Crippen molar-refractivity contribution in [3.63, 3.8) is 0 Å². The van der Waals surface area contributed by atoms with E-state index in [4.69, 9.17) is 0 Å². The number of anilines is 1. The highest BCUT2D eigenvalue weighted by Crippen LogP contribution is 2.35. The molecule has 6 nitrogen and oxygen atoms in total. The first-order chi connectivity index (χ1) is 12.6. The van der Waals surface area contributed by atoms with Gasteiger partial charge >= 0.3 is 0 Å². The van der Waals surface area contributed by atoms with Gasteiger partial charge in [-0.3, -0.25) is 24.1 Å². The molecule has 1 aliphatic carbocycles. The van der Waals surface area contributed by atoms with Gasteiger partial charge in [-0.15, -0.1) is 0 Å². The fraction of sp³-hybridized carbons (Fsp3) is 0.400. The molecule has 0 unspecified atom stereocenters. The van der Waals surface area contributed by atoms with Crippen molar-refractivity contribution in [3.05, 3.63) is 42.0 Å². The first kappa shape index (κ1) is 16.7. The van der Waals surface area contributed by atoms with Gasteiger partial charge in [-0.25, -0.2) is 0 Å². The van der Waals surface area contributed by atoms with Crippen molar-refractivity contribution in [1.29, 1.82) is 0 Å². The zero-order chi connectivity index (χ0) is 18.3. The normalized spacial score (nSPS) is 25.2. The lowest BCUT2D eigenvalue weighted by Gasteiger charge is -2.17. The Kier molecular flexibility index (Phi) is 4.18. The average molecular weight is 352 g/mol. The Morgan fingerprint density at radius 2 is 1.58 bits per heavy atom. The molecule has 2 atom stereocenters. The minimum Gasteiger partial charge on any atom is -0.312 e. The third-order valence-corrected chi connectivity index (χ3v) is 5.47. The second-order valence-electron chi connectivity index (χ2n) is 7.04. The molecular weight excluding hydrogens is 332 g/mol. The van der Waals surface area contributed by atoms with E-state index in [-0.39, 0.29) is 41.9 Å². The molecule has 0 saturated carbocycles. The first-order valence-corrected chi connectivity index (χ1v) is 9.00. The van der Waals surface area contributed by atoms with Crippen LogP contribution >= 0.6 is 0 Å². The first-order valence-electron chi connectivity index (χ1n) is 9.00. The zero-order valence-electron chi connectivity index (χ0n) is 14.4. The maximum Gasteiger partial charge on any atom is 0.233 e. The van der Waals surface area contributed by atoms with Crippen LogP contribution in [0.2, 0.25) is 0 Å². The third kappa shape index (κ3) is 2.75. The van der Waals surface area contributed by atoms with Crippen LogP contribution in [0.5, 0.6) is 0 Å². The Hall–Kier alpha value is -2.76. The number of nitrogens with zero attached hydrogens (tertiary/aromatic N) is 2. The van der Waals surface area contributed by atoms with Crippen molar-refractivity contribution >= 4 is 29.2 Å². The molecule has 2 heterocycles. The molecule has 0 radical (unpaired) electrons. The Morgan fingerprint density at radius 1 is 0.962 bits per heavy atom. The Bertz CT molecular complexity index is 786. The summed E-state index contributed by atoms with van der Waals surface area (Å²) >= 11 is 0. The van der Waals surface area contributed by atoms with Crippen molar-refractivity contribution in [1.82, 2.24) is 4.90 Å². The molecule has 3 aliphatic rings. The topological polar surface area (TPSA) is 74.8 Å². The third-order valence-electron chi connectivity index (χ3n) is 5.47. The van der Waals surface area contributed by atoms with E-state index in [2.05, 4.69) is 0 Å². The van der Waals surface area contributed by atoms with Gasteiger partial charge in [0, 0.05) is 24.2 Å². The van der Waals surface area contributed by atoms with E-state index in [1.807, 2.05) is 12.2 Å². The van der Waals surface area contributed by atoms with Gasteiger partial charge in [0.1, 0.15) is 0 Å². The minimum atomic E-state index is -0.316. The molecule has 2 fully saturated rings. The van der Waals surface area contributed by atoms with Crippen LogP contribution in [0.25, 0.3) is 0 Å². The van der Waals surface area contributed by atoms with Crippen LogP contribution in [0, 0.1) is 11.8 Å². The minimum absolute atomic E-state index is 0.0913. The van der Waals surface area contributed by atoms with Gasteiger partial charge in [-0.1, -0.05) is 12.2 Å². The number of Topliss-reactive ketones (excluding diaryl/α,β-unsaturated/α-hetero) is 1. The van der Waals surface area contributed by atoms with Crippen molar-refractivity contribution < 1.29 is 19.2 Å². The fourth-order valence-electron chi connectivity index (χ4n) is 4.01. The van der Waals surface area contributed by atoms with Gasteiger partial charge in [-0.2, -0.15) is 0 Å². The summed E-state index contributed by atoms with van der Waals surface area (Å²) < 4.78 is 0. The molecule has 1 aromatic rings. The van der Waals surface area contributed by atoms with Gasteiger partial charge in [0.25, 0.3) is 0 Å². The molecule has 26 heavy (non-hydrogen) atoms. The molecule has 2 aliphatic heterocycles. The van der Waals surface area contributed by atoms with Crippen LogP contribution in [-0.2, 0) is 14.4 Å². The van der Waals surface area contributed by atoms with Gasteiger partial charge in [0.05, 0.1) is 18.4 Å². The van der Waals surface area contributed by atoms with Gasteiger partial charge in [-0.05, 0) is 43.5 Å². The van der Waals surface area contributed by atoms with Crippen LogP contribution in [0.1, 0.15) is 36.0 Å². The predicted octanol–water partition coefficient (Wildman–Crippen LogP) is 1.95. The Balaban J connectivity index is 1.46. The number of carbonyl (C=O) groups excluding carboxylic acids is 4. The highest BCUT2D eigenvalue weighted by atomic mass is 16.2. The van der Waals surface area contributed by atoms with E-state index >= 15 is 0 Å². The van der Waals surface area contributed by atoms with Crippen LogP contribution in [0.15, 0.2) is 36.4 Å². The fourth-order valence-corrected chi connectivity index (χ4v) is 4.01. The molecule has 0 N–H and O–H groups in total. The second-order valence-corrected chi connectivity index (χ2v) is 7.04. The number of imide groups is 1. The lowest BCUT2D eigenvalue weighted by atomic mass is 9.85. The number of hydrogen-bond acceptors (Lipinski definition) is 4. The van der Waals surface area contributed by atoms with Crippen LogP contribution < -0.4 is 4.90 Å². The zero-order valence-corrected chi connectivity index (χ0v) is 14.4. The maximum absolute atomic E-state index is 12.6. The monoisotopic (exact) mass is 352 g/mol. The number of fused-ring (bicyclic) bond motifs is 1. The number of rotatable bonds is 4. The van der Waals surface area contributed by atoms with E-state index in [1.54, 1.807) is 29.2 Å². The quantitative estimate of drug-likeness (QED) is 0.472. The molecule has 4 rings (SSSR count). The highest BCUT2D eigenvalue weighted by molar-refractivity contribution is 6.10. The highest BCUT2D eigenvalue weighted by Gasteiger charge is 2.47. The number of likely N-dealkylation sites (tertiary alicyclic amines) is 1. The Morgan fingerprint density at radius 3 is 2.12 bits per heavy atom. The van der Waals surface area contributed by atoms with Crippen molar-refractivity contribution in [2.75, 3.05) is 18.0 Å². The second kappa shape index (κ2) is 6.52. The summed E-state index contributed by atoms with van der Waals surface area (Å²) in [5.74, 6) is -1.28. The standard InChI is InChI=1S/C20H20N2O4/c23-17(12-22-19(25)15-4-1-2-5-16(15)20(22)26)13-7-9-14(10-8-13)21-11-3-6-18(21)24/h1-2,7-10,15-16H,3-6,11-12H2/t15-,16-/m0/s1. The summed E-state index contributed by atoms with van der Waals surface area (Å²) in [4.78, 5) is 52.1. The number of allylic oxidation sites excluding steroid dienone is 2. The van der Waals surface area contributed by atoms with Gasteiger partial charge in [0.2, 0.25) is 17.7 Å². The summed E-state index contributed by atoms with van der Waals surface area (Å²) in [5, 5.41) is 0. The van der Waals surface area contributed by atoms with Crippen LogP contribution in [-0.4, -0.2) is 41.5 Å². The maximum atomic E-state index is 12.6. The molecule has 2 saturated heterocycles. The molecule has 3 amide bonds. The largest absolute Gasteiger partial charge is 0.312 e. The number of benzene rings is 1. The molecule has 6 heteroatoms. The molecule has 134 valence electrons. The summed E-state index contributed by atoms with van der Waals surface area (Å²) in [6.45, 7) is 0.479. The molecular formula is C20H20N2O4. The van der Waals surface area contributed by atoms with Crippen molar-refractivity contribution in [2.24, 2.45) is 11.8 Å². The number of amides is 3. The van der Waals surface area contributed by atoms with Crippen molar-refractivity contribution in [3.8, 4) is 0 Å². The lowest BCUT2D eigenvalue weighted by molar-refractivity contribution is -0.139. The van der Waals surface area contributed by atoms with Crippen molar-refractivity contribution in [2.45, 2.75) is 25.7 Å². The van der Waals surface area contributed by atoms with Crippen LogP contribution in [0.3, 0.4) is 0 Å². The van der Waals surface area contributed by atoms with E-state index in [0.29, 0.717) is 31.4 Å². The number of hydrogen-bond donors (Lipinski definition) is 0. The summed E-state index contributed by atoms with van der Waals surface area (Å²) in [5.41, 5.74) is 1.21. The van der Waals surface area contributed by atoms with Crippen LogP contribution in [0.4, 0.5) is 5.69 Å². The predicted molar refractivity (Wildman–Crippen MR) is 94.4 cm³/mol. The van der Waals surface area contributed by atoms with E-state index in [9.17, 15) is 19.2 Å². The molecule has 0 aromatic heterocycles. The molecule has 1 aromatic carbocycles.